The Morgan fingerprint density at radius 3 is 2.56 bits per heavy atom. The maximum atomic E-state index is 12.2. The first-order valence-electron chi connectivity index (χ1n) is 6.61. The minimum absolute atomic E-state index is 0.106. The van der Waals surface area contributed by atoms with Crippen molar-refractivity contribution in [3.05, 3.63) is 29.8 Å². The van der Waals surface area contributed by atoms with E-state index < -0.39 is 0 Å². The monoisotopic (exact) mass is 240 g/mol. The van der Waals surface area contributed by atoms with E-state index in [1.165, 1.54) is 25.7 Å². The molecule has 2 saturated carbocycles. The van der Waals surface area contributed by atoms with Gasteiger partial charge in [0.05, 0.1) is 11.3 Å². The van der Waals surface area contributed by atoms with Crippen LogP contribution in [0.5, 0.6) is 0 Å². The van der Waals surface area contributed by atoms with Crippen LogP contribution in [0.4, 0.5) is 5.69 Å². The second-order valence-electron chi connectivity index (χ2n) is 5.28. The van der Waals surface area contributed by atoms with E-state index in [1.54, 1.807) is 12.1 Å². The van der Waals surface area contributed by atoms with E-state index in [0.717, 1.165) is 0 Å². The van der Waals surface area contributed by atoms with Gasteiger partial charge < -0.3 is 5.32 Å². The Bertz CT molecular complexity index is 505. The summed E-state index contributed by atoms with van der Waals surface area (Å²) in [7, 11) is 0. The zero-order valence-electron chi connectivity index (χ0n) is 10.2. The van der Waals surface area contributed by atoms with Crippen molar-refractivity contribution in [2.24, 2.45) is 17.8 Å². The van der Waals surface area contributed by atoms with Crippen LogP contribution in [0.2, 0.25) is 0 Å². The Morgan fingerprint density at radius 2 is 1.89 bits per heavy atom. The quantitative estimate of drug-likeness (QED) is 0.864. The van der Waals surface area contributed by atoms with Crippen molar-refractivity contribution < 1.29 is 4.79 Å². The van der Waals surface area contributed by atoms with Crippen molar-refractivity contribution in [3.8, 4) is 6.07 Å². The first-order valence-corrected chi connectivity index (χ1v) is 6.61. The highest BCUT2D eigenvalue weighted by Gasteiger charge is 2.54. The third-order valence-electron chi connectivity index (χ3n) is 4.26. The van der Waals surface area contributed by atoms with Crippen LogP contribution in [0.1, 0.15) is 31.2 Å². The molecule has 1 aromatic rings. The highest BCUT2D eigenvalue weighted by molar-refractivity contribution is 5.96. The van der Waals surface area contributed by atoms with Crippen LogP contribution in [0.25, 0.3) is 0 Å². The summed E-state index contributed by atoms with van der Waals surface area (Å²) in [6, 6.07) is 9.29. The Kier molecular flexibility index (Phi) is 2.79. The number of para-hydroxylation sites is 1. The molecule has 2 atom stereocenters. The summed E-state index contributed by atoms with van der Waals surface area (Å²) in [5.74, 6) is 1.51. The molecular weight excluding hydrogens is 224 g/mol. The third kappa shape index (κ3) is 1.88. The van der Waals surface area contributed by atoms with Gasteiger partial charge in [0.15, 0.2) is 0 Å². The van der Waals surface area contributed by atoms with Gasteiger partial charge in [0, 0.05) is 5.92 Å². The first kappa shape index (κ1) is 11.3. The fraction of sp³-hybridized carbons (Fsp3) is 0.467. The summed E-state index contributed by atoms with van der Waals surface area (Å²) in [5.41, 5.74) is 1.18. The van der Waals surface area contributed by atoms with Gasteiger partial charge >= 0.3 is 0 Å². The molecule has 0 bridgehead atoms. The van der Waals surface area contributed by atoms with Gasteiger partial charge in [-0.3, -0.25) is 4.79 Å². The molecule has 2 aliphatic rings. The van der Waals surface area contributed by atoms with Crippen LogP contribution < -0.4 is 5.32 Å². The molecule has 2 fully saturated rings. The number of carbonyl (C=O) groups is 1. The molecule has 0 saturated heterocycles. The molecule has 0 heterocycles. The third-order valence-corrected chi connectivity index (χ3v) is 4.26. The molecule has 3 nitrogen and oxygen atoms in total. The van der Waals surface area contributed by atoms with Crippen molar-refractivity contribution in [2.45, 2.75) is 25.7 Å². The van der Waals surface area contributed by atoms with Gasteiger partial charge in [-0.1, -0.05) is 25.0 Å². The Morgan fingerprint density at radius 1 is 1.22 bits per heavy atom. The normalized spacial score (nSPS) is 28.9. The lowest BCUT2D eigenvalue weighted by Crippen LogP contribution is -2.16. The zero-order valence-corrected chi connectivity index (χ0v) is 10.2. The van der Waals surface area contributed by atoms with Crippen LogP contribution in [0.3, 0.4) is 0 Å². The highest BCUT2D eigenvalue weighted by atomic mass is 16.2. The molecule has 1 N–H and O–H groups in total. The maximum absolute atomic E-state index is 12.2. The summed E-state index contributed by atoms with van der Waals surface area (Å²) < 4.78 is 0. The molecule has 3 rings (SSSR count). The first-order chi connectivity index (χ1) is 8.81. The molecule has 0 spiro atoms. The van der Waals surface area contributed by atoms with Gasteiger partial charge in [0.25, 0.3) is 0 Å². The average molecular weight is 240 g/mol. The van der Waals surface area contributed by atoms with Crippen LogP contribution in [-0.2, 0) is 4.79 Å². The van der Waals surface area contributed by atoms with Crippen LogP contribution in [0.15, 0.2) is 24.3 Å². The molecule has 1 aromatic carbocycles. The van der Waals surface area contributed by atoms with Crippen LogP contribution in [-0.4, -0.2) is 5.91 Å². The summed E-state index contributed by atoms with van der Waals surface area (Å²) in [4.78, 5) is 12.2. The Labute approximate surface area is 107 Å². The zero-order chi connectivity index (χ0) is 12.5. The Hall–Kier alpha value is -1.82. The summed E-state index contributed by atoms with van der Waals surface area (Å²) in [6.07, 6.45) is 4.92. The summed E-state index contributed by atoms with van der Waals surface area (Å²) in [6.45, 7) is 0. The predicted octanol–water partition coefficient (Wildman–Crippen LogP) is 2.93. The lowest BCUT2D eigenvalue weighted by Gasteiger charge is -2.06. The fourth-order valence-electron chi connectivity index (χ4n) is 3.29. The minimum atomic E-state index is 0.106. The van der Waals surface area contributed by atoms with Gasteiger partial charge in [-0.15, -0.1) is 0 Å². The number of amides is 1. The number of hydrogen-bond donors (Lipinski definition) is 1. The van der Waals surface area contributed by atoms with Gasteiger partial charge in [0.2, 0.25) is 5.91 Å². The van der Waals surface area contributed by atoms with E-state index in [9.17, 15) is 4.79 Å². The van der Waals surface area contributed by atoms with Crippen molar-refractivity contribution in [3.63, 3.8) is 0 Å². The molecule has 1 amide bonds. The van der Waals surface area contributed by atoms with Crippen molar-refractivity contribution in [1.29, 1.82) is 5.26 Å². The molecule has 18 heavy (non-hydrogen) atoms. The molecule has 3 heteroatoms. The minimum Gasteiger partial charge on any atom is -0.325 e. The van der Waals surface area contributed by atoms with E-state index in [-0.39, 0.29) is 11.8 Å². The molecule has 0 aliphatic heterocycles. The number of fused-ring (bicyclic) bond motifs is 1. The van der Waals surface area contributed by atoms with Crippen LogP contribution in [0, 0.1) is 29.1 Å². The number of nitrogens with zero attached hydrogens (tertiary/aromatic N) is 1. The molecular formula is C15H16N2O. The van der Waals surface area contributed by atoms with Crippen molar-refractivity contribution in [2.75, 3.05) is 5.32 Å². The van der Waals surface area contributed by atoms with Gasteiger partial charge in [-0.05, 0) is 36.8 Å². The maximum Gasteiger partial charge on any atom is 0.228 e. The van der Waals surface area contributed by atoms with Gasteiger partial charge in [-0.2, -0.15) is 5.26 Å². The number of rotatable bonds is 2. The van der Waals surface area contributed by atoms with E-state index in [1.807, 2.05) is 12.1 Å². The second kappa shape index (κ2) is 4.45. The number of anilines is 1. The SMILES string of the molecule is N#Cc1ccccc1NC(=O)C1C2CCCCC21. The van der Waals surface area contributed by atoms with Crippen LogP contribution >= 0.6 is 0 Å². The lowest BCUT2D eigenvalue weighted by atomic mass is 10.0. The number of nitrogens with one attached hydrogen (secondary N) is 1. The smallest absolute Gasteiger partial charge is 0.228 e. The number of benzene rings is 1. The molecule has 2 aliphatic carbocycles. The topological polar surface area (TPSA) is 52.9 Å². The average Bonchev–Trinajstić information content (AvgIpc) is 3.13. The van der Waals surface area contributed by atoms with E-state index in [4.69, 9.17) is 5.26 Å². The van der Waals surface area contributed by atoms with E-state index in [0.29, 0.717) is 23.1 Å². The van der Waals surface area contributed by atoms with Crippen molar-refractivity contribution in [1.82, 2.24) is 0 Å². The lowest BCUT2D eigenvalue weighted by molar-refractivity contribution is -0.117. The highest BCUT2D eigenvalue weighted by Crippen LogP contribution is 2.55. The second-order valence-corrected chi connectivity index (χ2v) is 5.28. The summed E-state index contributed by atoms with van der Waals surface area (Å²) in [5, 5.41) is 11.9. The molecule has 2 unspecified atom stereocenters. The Balaban J connectivity index is 1.70. The molecule has 0 radical (unpaired) electrons. The largest absolute Gasteiger partial charge is 0.325 e. The number of hydrogen-bond acceptors (Lipinski definition) is 2. The molecule has 92 valence electrons. The molecule has 0 aromatic heterocycles. The fourth-order valence-corrected chi connectivity index (χ4v) is 3.29. The van der Waals surface area contributed by atoms with Gasteiger partial charge in [0.1, 0.15) is 6.07 Å². The van der Waals surface area contributed by atoms with Gasteiger partial charge in [-0.25, -0.2) is 0 Å². The van der Waals surface area contributed by atoms with E-state index in [2.05, 4.69) is 11.4 Å². The number of nitriles is 1. The summed E-state index contributed by atoms with van der Waals surface area (Å²) >= 11 is 0. The van der Waals surface area contributed by atoms with Crippen molar-refractivity contribution >= 4 is 11.6 Å². The standard InChI is InChI=1S/C15H16N2O/c16-9-10-5-1-4-8-13(10)17-15(18)14-11-6-2-3-7-12(11)14/h1,4-5,8,11-12,14H,2-3,6-7H2,(H,17,18). The predicted molar refractivity (Wildman–Crippen MR) is 68.7 cm³/mol. The number of carbonyl (C=O) groups excluding carboxylic acids is 1. The van der Waals surface area contributed by atoms with E-state index >= 15 is 0 Å².